The van der Waals surface area contributed by atoms with Crippen LogP contribution in [0, 0.1) is 0 Å². The molecule has 0 aromatic rings. The van der Waals surface area contributed by atoms with E-state index in [0.717, 1.165) is 7.11 Å². The third kappa shape index (κ3) is 24.9. The lowest BCUT2D eigenvalue weighted by Crippen LogP contribution is -2.21. The topological polar surface area (TPSA) is 23.5 Å². The molecule has 0 saturated carbocycles. The second-order valence-corrected chi connectivity index (χ2v) is 3.33. The van der Waals surface area contributed by atoms with Crippen molar-refractivity contribution in [1.29, 1.82) is 0 Å². The van der Waals surface area contributed by atoms with E-state index in [-0.39, 0.29) is 0 Å². The van der Waals surface area contributed by atoms with Gasteiger partial charge in [0, 0.05) is 7.11 Å². The fraction of sp³-hybridized carbons (Fsp3) is 1.00. The molecule has 15 heavy (non-hydrogen) atoms. The predicted octanol–water partition coefficient (Wildman–Crippen LogP) is 3.54. The number of aliphatic hydroxyl groups is 1. The third-order valence-electron chi connectivity index (χ3n) is 2.30. The third-order valence-corrected chi connectivity index (χ3v) is 2.30. The van der Waals surface area contributed by atoms with Gasteiger partial charge in [0.2, 0.25) is 0 Å². The quantitative estimate of drug-likeness (QED) is 0.691. The molecule has 0 fully saturated rings. The highest BCUT2D eigenvalue weighted by molar-refractivity contribution is 4.43. The molecule has 0 heterocycles. The maximum absolute atomic E-state index is 7.00. The number of aliphatic hydroxyl groups excluding tert-OH is 1. The Balaban J connectivity index is -0.000000166. The Bertz CT molecular complexity index is 63.4. The second-order valence-electron chi connectivity index (χ2n) is 3.33. The van der Waals surface area contributed by atoms with Crippen molar-refractivity contribution in [3.8, 4) is 0 Å². The summed E-state index contributed by atoms with van der Waals surface area (Å²) in [4.78, 5) is 2.38. The van der Waals surface area contributed by atoms with Gasteiger partial charge in [-0.2, -0.15) is 0 Å². The van der Waals surface area contributed by atoms with Crippen LogP contribution in [0.4, 0.5) is 0 Å². The van der Waals surface area contributed by atoms with Gasteiger partial charge in [-0.25, -0.2) is 0 Å². The first-order chi connectivity index (χ1) is 7.26. The molecule has 0 aliphatic rings. The van der Waals surface area contributed by atoms with Crippen molar-refractivity contribution in [2.45, 2.75) is 60.3 Å². The van der Waals surface area contributed by atoms with Crippen molar-refractivity contribution in [3.05, 3.63) is 0 Å². The Labute approximate surface area is 97.7 Å². The van der Waals surface area contributed by atoms with E-state index in [9.17, 15) is 0 Å². The maximum Gasteiger partial charge on any atom is 0.0319 e. The lowest BCUT2D eigenvalue weighted by atomic mass is 10.2. The smallest absolute Gasteiger partial charge is 0.0319 e. The van der Waals surface area contributed by atoms with E-state index in [2.05, 4.69) is 39.5 Å². The fourth-order valence-corrected chi connectivity index (χ4v) is 1.17. The molecule has 0 bridgehead atoms. The Morgan fingerprint density at radius 2 is 0.933 bits per heavy atom. The second kappa shape index (κ2) is 23.6. The summed E-state index contributed by atoms with van der Waals surface area (Å²) >= 11 is 0. The number of hydrogen-bond acceptors (Lipinski definition) is 2. The summed E-state index contributed by atoms with van der Waals surface area (Å²) in [6.45, 7) is 14.6. The van der Waals surface area contributed by atoms with E-state index in [4.69, 9.17) is 5.11 Å². The molecular formula is C13H33NO. The van der Waals surface area contributed by atoms with Gasteiger partial charge in [-0.15, -0.1) is 0 Å². The van der Waals surface area contributed by atoms with Crippen LogP contribution in [0.1, 0.15) is 60.3 Å². The van der Waals surface area contributed by atoms with Gasteiger partial charge >= 0.3 is 0 Å². The molecule has 0 unspecified atom stereocenters. The molecule has 0 aliphatic heterocycles. The van der Waals surface area contributed by atoms with Crippen molar-refractivity contribution in [2.75, 3.05) is 26.7 Å². The largest absolute Gasteiger partial charge is 0.400 e. The van der Waals surface area contributed by atoms with Crippen molar-refractivity contribution in [1.82, 2.24) is 4.90 Å². The predicted molar refractivity (Wildman–Crippen MR) is 71.4 cm³/mol. The van der Waals surface area contributed by atoms with Crippen LogP contribution in [0.2, 0.25) is 0 Å². The Hall–Kier alpha value is -0.0800. The highest BCUT2D eigenvalue weighted by Crippen LogP contribution is 1.95. The molecule has 0 spiro atoms. The highest BCUT2D eigenvalue weighted by atomic mass is 16.2. The SMILES string of the molecule is CCCCCC.CCN(CC)CC.CO. The average molecular weight is 219 g/mol. The van der Waals surface area contributed by atoms with Crippen molar-refractivity contribution >= 4 is 0 Å². The summed E-state index contributed by atoms with van der Waals surface area (Å²) in [6.07, 6.45) is 5.54. The van der Waals surface area contributed by atoms with Gasteiger partial charge in [0.25, 0.3) is 0 Å². The van der Waals surface area contributed by atoms with E-state index in [1.165, 1.54) is 45.3 Å². The molecule has 0 atom stereocenters. The maximum atomic E-state index is 7.00. The first-order valence-corrected chi connectivity index (χ1v) is 6.43. The van der Waals surface area contributed by atoms with Gasteiger partial charge in [0.05, 0.1) is 0 Å². The standard InChI is InChI=1S/C6H15N.C6H14.CH4O/c1-4-7(5-2)6-3;1-3-5-6-4-2;1-2/h4-6H2,1-3H3;3-6H2,1-2H3;2H,1H3. The van der Waals surface area contributed by atoms with Gasteiger partial charge in [-0.05, 0) is 19.6 Å². The van der Waals surface area contributed by atoms with Crippen molar-refractivity contribution in [3.63, 3.8) is 0 Å². The summed E-state index contributed by atoms with van der Waals surface area (Å²) in [6, 6.07) is 0. The molecule has 0 radical (unpaired) electrons. The number of hydrogen-bond donors (Lipinski definition) is 1. The first kappa shape index (κ1) is 20.3. The molecule has 2 nitrogen and oxygen atoms in total. The van der Waals surface area contributed by atoms with Crippen LogP contribution < -0.4 is 0 Å². The van der Waals surface area contributed by atoms with Crippen LogP contribution in [-0.2, 0) is 0 Å². The molecule has 0 aromatic carbocycles. The summed E-state index contributed by atoms with van der Waals surface area (Å²) in [5.74, 6) is 0. The van der Waals surface area contributed by atoms with Crippen molar-refractivity contribution < 1.29 is 5.11 Å². The van der Waals surface area contributed by atoms with E-state index in [1.54, 1.807) is 0 Å². The van der Waals surface area contributed by atoms with Gasteiger partial charge in [-0.3, -0.25) is 0 Å². The minimum atomic E-state index is 1.00. The molecule has 1 N–H and O–H groups in total. The lowest BCUT2D eigenvalue weighted by molar-refractivity contribution is 0.321. The molecule has 0 aromatic heterocycles. The van der Waals surface area contributed by atoms with Crippen LogP contribution in [0.25, 0.3) is 0 Å². The van der Waals surface area contributed by atoms with Crippen LogP contribution in [0.5, 0.6) is 0 Å². The first-order valence-electron chi connectivity index (χ1n) is 6.43. The van der Waals surface area contributed by atoms with Crippen LogP contribution in [0.3, 0.4) is 0 Å². The fourth-order valence-electron chi connectivity index (χ4n) is 1.17. The highest BCUT2D eigenvalue weighted by Gasteiger charge is 1.89. The molecule has 0 rings (SSSR count). The summed E-state index contributed by atoms with van der Waals surface area (Å²) in [7, 11) is 1.00. The lowest BCUT2D eigenvalue weighted by Gasteiger charge is -2.13. The molecule has 96 valence electrons. The van der Waals surface area contributed by atoms with Gasteiger partial charge in [-0.1, -0.05) is 60.3 Å². The Morgan fingerprint density at radius 1 is 0.667 bits per heavy atom. The average Bonchev–Trinajstić information content (AvgIpc) is 2.32. The summed E-state index contributed by atoms with van der Waals surface area (Å²) < 4.78 is 0. The molecule has 0 aliphatic carbocycles. The molecule has 0 saturated heterocycles. The minimum absolute atomic E-state index is 1.00. The number of rotatable bonds is 6. The zero-order valence-electron chi connectivity index (χ0n) is 11.8. The van der Waals surface area contributed by atoms with Crippen LogP contribution in [0.15, 0.2) is 0 Å². The van der Waals surface area contributed by atoms with E-state index >= 15 is 0 Å². The molecule has 0 amide bonds. The number of nitrogens with zero attached hydrogens (tertiary/aromatic N) is 1. The van der Waals surface area contributed by atoms with E-state index in [0.29, 0.717) is 0 Å². The summed E-state index contributed by atoms with van der Waals surface area (Å²) in [5.41, 5.74) is 0. The Kier molecular flexibility index (Phi) is 32.0. The molecular weight excluding hydrogens is 186 g/mol. The van der Waals surface area contributed by atoms with Crippen molar-refractivity contribution in [2.24, 2.45) is 0 Å². The Morgan fingerprint density at radius 3 is 1.00 bits per heavy atom. The molecule has 2 heteroatoms. The zero-order valence-corrected chi connectivity index (χ0v) is 11.8. The van der Waals surface area contributed by atoms with Gasteiger partial charge < -0.3 is 10.0 Å². The summed E-state index contributed by atoms with van der Waals surface area (Å²) in [5, 5.41) is 7.00. The monoisotopic (exact) mass is 219 g/mol. The van der Waals surface area contributed by atoms with Gasteiger partial charge in [0.15, 0.2) is 0 Å². The van der Waals surface area contributed by atoms with Crippen LogP contribution in [-0.4, -0.2) is 36.8 Å². The normalized spacial score (nSPS) is 8.80. The minimum Gasteiger partial charge on any atom is -0.400 e. The van der Waals surface area contributed by atoms with E-state index < -0.39 is 0 Å². The number of unbranched alkanes of at least 4 members (excludes halogenated alkanes) is 3. The van der Waals surface area contributed by atoms with Crippen LogP contribution >= 0.6 is 0 Å². The van der Waals surface area contributed by atoms with Gasteiger partial charge in [0.1, 0.15) is 0 Å². The zero-order chi connectivity index (χ0) is 12.5. The van der Waals surface area contributed by atoms with E-state index in [1.807, 2.05) is 0 Å².